The maximum absolute atomic E-state index is 12.6. The summed E-state index contributed by atoms with van der Waals surface area (Å²) >= 11 is 0. The van der Waals surface area contributed by atoms with Crippen molar-refractivity contribution in [3.63, 3.8) is 0 Å². The Morgan fingerprint density at radius 1 is 0.846 bits per heavy atom. The molecule has 1 aliphatic heterocycles. The Kier molecular flexibility index (Phi) is 16.0. The monoisotopic (exact) mass is 647 g/mol. The number of benzene rings is 2. The maximum Gasteiger partial charge on any atom is 0.228 e. The van der Waals surface area contributed by atoms with Gasteiger partial charge in [0.05, 0.1) is 13.0 Å². The van der Waals surface area contributed by atoms with Crippen LogP contribution < -0.4 is 15.0 Å². The first-order valence-corrected chi connectivity index (χ1v) is 14.9. The van der Waals surface area contributed by atoms with Crippen LogP contribution >= 0.6 is 24.0 Å². The molecule has 0 bridgehead atoms. The molecule has 0 radical (unpaired) electrons. The third kappa shape index (κ3) is 12.2. The predicted octanol–water partition coefficient (Wildman–Crippen LogP) is 9.13. The van der Waals surface area contributed by atoms with E-state index in [2.05, 4.69) is 54.5 Å². The molecule has 1 unspecified atom stereocenters. The maximum atomic E-state index is 12.6. The highest BCUT2D eigenvalue weighted by atomic mass is 127. The zero-order chi connectivity index (χ0) is 27.0. The van der Waals surface area contributed by atoms with Crippen LogP contribution in [0.4, 0.5) is 11.4 Å². The van der Waals surface area contributed by atoms with Crippen molar-refractivity contribution in [3.05, 3.63) is 66.5 Å². The Morgan fingerprint density at radius 3 is 2.05 bits per heavy atom. The summed E-state index contributed by atoms with van der Waals surface area (Å²) in [6, 6.07) is 15.9. The van der Waals surface area contributed by atoms with Crippen LogP contribution in [0.3, 0.4) is 0 Å². The highest BCUT2D eigenvalue weighted by Gasteiger charge is 2.20. The van der Waals surface area contributed by atoms with Gasteiger partial charge in [0.1, 0.15) is 11.9 Å². The molecular formula is C33H50IN3O2. The zero-order valence-corrected chi connectivity index (χ0v) is 26.7. The second-order valence-electron chi connectivity index (χ2n) is 10.7. The van der Waals surface area contributed by atoms with E-state index in [1.807, 2.05) is 42.5 Å². The molecule has 3 rings (SSSR count). The summed E-state index contributed by atoms with van der Waals surface area (Å²) in [7, 11) is 2.06. The molecule has 1 aliphatic rings. The lowest BCUT2D eigenvalue weighted by Gasteiger charge is -2.27. The minimum atomic E-state index is -0.0190. The fourth-order valence-corrected chi connectivity index (χ4v) is 4.90. The molecule has 0 fully saturated rings. The zero-order valence-electron chi connectivity index (χ0n) is 24.4. The standard InChI is InChI=1S/C33H49N3O2.HI/c1-4-5-6-7-8-9-10-11-12-13-14-15-25-38-32-21-19-29(20-22-32)26-33(37)34-30-17-16-18-31(27-30)36-24-23-35(3)28(36)2;/h16-24,27-28H,4-15,25-26H2,1-3H3,(H,34,37);1H. The average Bonchev–Trinajstić information content (AvgIpc) is 3.25. The van der Waals surface area contributed by atoms with E-state index >= 15 is 0 Å². The molecule has 0 aromatic heterocycles. The van der Waals surface area contributed by atoms with Gasteiger partial charge in [-0.1, -0.05) is 95.8 Å². The van der Waals surface area contributed by atoms with E-state index in [4.69, 9.17) is 4.74 Å². The van der Waals surface area contributed by atoms with Crippen molar-refractivity contribution in [1.29, 1.82) is 0 Å². The summed E-state index contributed by atoms with van der Waals surface area (Å²) in [5, 5.41) is 3.04. The Balaban J connectivity index is 0.00000533. The first kappa shape index (κ1) is 33.0. The van der Waals surface area contributed by atoms with Gasteiger partial charge in [0, 0.05) is 30.8 Å². The molecular weight excluding hydrogens is 597 g/mol. The van der Waals surface area contributed by atoms with Gasteiger partial charge >= 0.3 is 0 Å². The Bertz CT molecular complexity index is 979. The molecule has 0 spiro atoms. The van der Waals surface area contributed by atoms with E-state index in [-0.39, 0.29) is 36.0 Å². The number of hydrogen-bond donors (Lipinski definition) is 1. The molecule has 0 aliphatic carbocycles. The van der Waals surface area contributed by atoms with Gasteiger partial charge in [-0.05, 0) is 49.2 Å². The number of halogens is 1. The normalized spacial score (nSPS) is 14.4. The first-order chi connectivity index (χ1) is 18.6. The SMILES string of the molecule is CCCCCCCCCCCCCCOc1ccc(CC(=O)Nc2cccc(N3C=CN(C)C3C)c2)cc1.I. The van der Waals surface area contributed by atoms with Gasteiger partial charge in [0.15, 0.2) is 0 Å². The lowest BCUT2D eigenvalue weighted by Crippen LogP contribution is -2.33. The van der Waals surface area contributed by atoms with Crippen molar-refractivity contribution in [1.82, 2.24) is 4.90 Å². The van der Waals surface area contributed by atoms with Crippen molar-refractivity contribution >= 4 is 41.3 Å². The number of hydrogen-bond acceptors (Lipinski definition) is 4. The third-order valence-corrected chi connectivity index (χ3v) is 7.44. The summed E-state index contributed by atoms with van der Waals surface area (Å²) in [5.41, 5.74) is 2.85. The average molecular weight is 648 g/mol. The smallest absolute Gasteiger partial charge is 0.228 e. The predicted molar refractivity (Wildman–Crippen MR) is 176 cm³/mol. The Hall–Kier alpha value is -2.22. The molecule has 1 amide bonds. The number of unbranched alkanes of at least 4 members (excludes halogenated alkanes) is 11. The number of ether oxygens (including phenoxy) is 1. The van der Waals surface area contributed by atoms with Crippen LogP contribution in [-0.2, 0) is 11.2 Å². The van der Waals surface area contributed by atoms with Gasteiger partial charge < -0.3 is 19.9 Å². The quantitative estimate of drug-likeness (QED) is 0.130. The van der Waals surface area contributed by atoms with Crippen LogP contribution in [0.2, 0.25) is 0 Å². The minimum absolute atomic E-state index is 0. The second kappa shape index (κ2) is 19.0. The minimum Gasteiger partial charge on any atom is -0.494 e. The Labute approximate surface area is 254 Å². The fraction of sp³-hybridized carbons (Fsp3) is 0.545. The molecule has 1 heterocycles. The molecule has 0 saturated carbocycles. The molecule has 2 aromatic rings. The largest absolute Gasteiger partial charge is 0.494 e. The van der Waals surface area contributed by atoms with Crippen LogP contribution in [-0.4, -0.2) is 30.6 Å². The van der Waals surface area contributed by atoms with Gasteiger partial charge in [-0.15, -0.1) is 24.0 Å². The van der Waals surface area contributed by atoms with E-state index < -0.39 is 0 Å². The topological polar surface area (TPSA) is 44.8 Å². The molecule has 1 atom stereocenters. The van der Waals surface area contributed by atoms with E-state index in [0.717, 1.165) is 35.7 Å². The van der Waals surface area contributed by atoms with Crippen molar-refractivity contribution in [2.75, 3.05) is 23.9 Å². The van der Waals surface area contributed by atoms with Crippen LogP contribution in [0.15, 0.2) is 60.9 Å². The van der Waals surface area contributed by atoms with Gasteiger partial charge in [-0.2, -0.15) is 0 Å². The third-order valence-electron chi connectivity index (χ3n) is 7.44. The molecule has 1 N–H and O–H groups in total. The van der Waals surface area contributed by atoms with Crippen LogP contribution in [0.5, 0.6) is 5.75 Å². The highest BCUT2D eigenvalue weighted by molar-refractivity contribution is 14.0. The number of nitrogens with zero attached hydrogens (tertiary/aromatic N) is 2. The summed E-state index contributed by atoms with van der Waals surface area (Å²) in [6.45, 7) is 5.18. The van der Waals surface area contributed by atoms with E-state index in [1.54, 1.807) is 0 Å². The fourth-order valence-electron chi connectivity index (χ4n) is 4.90. The van der Waals surface area contributed by atoms with Gasteiger partial charge in [0.25, 0.3) is 0 Å². The van der Waals surface area contributed by atoms with E-state index in [9.17, 15) is 4.79 Å². The molecule has 6 heteroatoms. The van der Waals surface area contributed by atoms with Crippen LogP contribution in [0, 0.1) is 0 Å². The second-order valence-corrected chi connectivity index (χ2v) is 10.7. The number of rotatable bonds is 18. The van der Waals surface area contributed by atoms with Gasteiger partial charge in [-0.3, -0.25) is 4.79 Å². The van der Waals surface area contributed by atoms with Gasteiger partial charge in [-0.25, -0.2) is 0 Å². The molecule has 0 saturated heterocycles. The van der Waals surface area contributed by atoms with Crippen LogP contribution in [0.25, 0.3) is 0 Å². The van der Waals surface area contributed by atoms with Crippen molar-refractivity contribution in [2.45, 2.75) is 103 Å². The van der Waals surface area contributed by atoms with Crippen molar-refractivity contribution < 1.29 is 9.53 Å². The summed E-state index contributed by atoms with van der Waals surface area (Å²) in [4.78, 5) is 17.0. The van der Waals surface area contributed by atoms with E-state index in [1.165, 1.54) is 70.6 Å². The van der Waals surface area contributed by atoms with Crippen molar-refractivity contribution in [3.8, 4) is 5.75 Å². The number of nitrogens with one attached hydrogen (secondary N) is 1. The number of carbonyl (C=O) groups excluding carboxylic acids is 1. The highest BCUT2D eigenvalue weighted by Crippen LogP contribution is 2.26. The van der Waals surface area contributed by atoms with Crippen LogP contribution in [0.1, 0.15) is 96.5 Å². The number of amides is 1. The molecule has 39 heavy (non-hydrogen) atoms. The van der Waals surface area contributed by atoms with Gasteiger partial charge in [0.2, 0.25) is 5.91 Å². The number of carbonyl (C=O) groups is 1. The van der Waals surface area contributed by atoms with E-state index in [0.29, 0.717) is 6.42 Å². The summed E-state index contributed by atoms with van der Waals surface area (Å²) in [6.07, 6.45) is 20.9. The Morgan fingerprint density at radius 2 is 1.46 bits per heavy atom. The lowest BCUT2D eigenvalue weighted by atomic mass is 10.1. The molecule has 216 valence electrons. The lowest BCUT2D eigenvalue weighted by molar-refractivity contribution is -0.115. The summed E-state index contributed by atoms with van der Waals surface area (Å²) in [5.74, 6) is 0.858. The number of anilines is 2. The van der Waals surface area contributed by atoms with Crippen molar-refractivity contribution in [2.24, 2.45) is 0 Å². The summed E-state index contributed by atoms with van der Waals surface area (Å²) < 4.78 is 5.92. The first-order valence-electron chi connectivity index (χ1n) is 14.9. The molecule has 2 aromatic carbocycles. The molecule has 5 nitrogen and oxygen atoms in total.